The highest BCUT2D eigenvalue weighted by Gasteiger charge is 2.19. The van der Waals surface area contributed by atoms with Crippen LogP contribution in [0.5, 0.6) is 0 Å². The number of rotatable bonds is 5. The average Bonchev–Trinajstić information content (AvgIpc) is 2.40. The number of nitrogens with zero attached hydrogens (tertiary/aromatic N) is 1. The molecule has 1 saturated carbocycles. The van der Waals surface area contributed by atoms with Gasteiger partial charge in [-0.3, -0.25) is 0 Å². The molecule has 0 heterocycles. The summed E-state index contributed by atoms with van der Waals surface area (Å²) < 4.78 is 0. The lowest BCUT2D eigenvalue weighted by Crippen LogP contribution is -2.33. The van der Waals surface area contributed by atoms with Crippen LogP contribution in [0.4, 0.5) is 0 Å². The zero-order chi connectivity index (χ0) is 12.8. The van der Waals surface area contributed by atoms with Crippen molar-refractivity contribution in [2.24, 2.45) is 11.7 Å². The van der Waals surface area contributed by atoms with Gasteiger partial charge in [-0.15, -0.1) is 0 Å². The van der Waals surface area contributed by atoms with Gasteiger partial charge in [0.05, 0.1) is 0 Å². The van der Waals surface area contributed by atoms with Crippen molar-refractivity contribution in [1.82, 2.24) is 4.90 Å². The molecule has 0 atom stereocenters. The SMILES string of the molecule is CN(CCc1ccccc1)CC1CCC(N)CC1. The maximum Gasteiger partial charge on any atom is 0.00390 e. The molecule has 0 spiro atoms. The normalized spacial score (nSPS) is 24.4. The molecule has 0 amide bonds. The summed E-state index contributed by atoms with van der Waals surface area (Å²) in [6.45, 7) is 2.39. The van der Waals surface area contributed by atoms with Crippen LogP contribution in [-0.2, 0) is 6.42 Å². The van der Waals surface area contributed by atoms with Crippen LogP contribution in [0.25, 0.3) is 0 Å². The van der Waals surface area contributed by atoms with Crippen molar-refractivity contribution in [2.75, 3.05) is 20.1 Å². The van der Waals surface area contributed by atoms with Crippen LogP contribution in [0.1, 0.15) is 31.2 Å². The van der Waals surface area contributed by atoms with E-state index < -0.39 is 0 Å². The fourth-order valence-electron chi connectivity index (χ4n) is 2.87. The van der Waals surface area contributed by atoms with E-state index in [-0.39, 0.29) is 0 Å². The lowest BCUT2D eigenvalue weighted by atomic mass is 9.86. The summed E-state index contributed by atoms with van der Waals surface area (Å²) in [5, 5.41) is 0. The summed E-state index contributed by atoms with van der Waals surface area (Å²) in [6, 6.07) is 11.2. The summed E-state index contributed by atoms with van der Waals surface area (Å²) in [7, 11) is 2.25. The van der Waals surface area contributed by atoms with Crippen molar-refractivity contribution in [1.29, 1.82) is 0 Å². The van der Waals surface area contributed by atoms with Gasteiger partial charge in [-0.05, 0) is 50.6 Å². The number of likely N-dealkylation sites (N-methyl/N-ethyl adjacent to an activating group) is 1. The largest absolute Gasteiger partial charge is 0.328 e. The zero-order valence-corrected chi connectivity index (χ0v) is 11.5. The molecule has 1 aliphatic carbocycles. The van der Waals surface area contributed by atoms with Crippen molar-refractivity contribution in [2.45, 2.75) is 38.1 Å². The van der Waals surface area contributed by atoms with E-state index in [2.05, 4.69) is 42.3 Å². The van der Waals surface area contributed by atoms with Crippen LogP contribution in [0, 0.1) is 5.92 Å². The third-order valence-electron chi connectivity index (χ3n) is 4.09. The third-order valence-corrected chi connectivity index (χ3v) is 4.09. The summed E-state index contributed by atoms with van der Waals surface area (Å²) >= 11 is 0. The van der Waals surface area contributed by atoms with E-state index in [1.807, 2.05) is 0 Å². The molecule has 2 heteroatoms. The molecule has 0 aromatic heterocycles. The molecule has 0 bridgehead atoms. The number of benzene rings is 1. The molecular weight excluding hydrogens is 220 g/mol. The lowest BCUT2D eigenvalue weighted by molar-refractivity contribution is 0.225. The Morgan fingerprint density at radius 1 is 1.11 bits per heavy atom. The first-order chi connectivity index (χ1) is 8.74. The van der Waals surface area contributed by atoms with Gasteiger partial charge in [-0.25, -0.2) is 0 Å². The van der Waals surface area contributed by atoms with Gasteiger partial charge in [0, 0.05) is 19.1 Å². The van der Waals surface area contributed by atoms with Crippen molar-refractivity contribution in [3.63, 3.8) is 0 Å². The predicted molar refractivity (Wildman–Crippen MR) is 77.6 cm³/mol. The van der Waals surface area contributed by atoms with Crippen LogP contribution in [0.3, 0.4) is 0 Å². The van der Waals surface area contributed by atoms with Crippen molar-refractivity contribution in [3.05, 3.63) is 35.9 Å². The minimum Gasteiger partial charge on any atom is -0.328 e. The van der Waals surface area contributed by atoms with Gasteiger partial charge in [0.2, 0.25) is 0 Å². The Labute approximate surface area is 111 Å². The molecule has 2 N–H and O–H groups in total. The highest BCUT2D eigenvalue weighted by molar-refractivity contribution is 5.14. The Morgan fingerprint density at radius 2 is 1.78 bits per heavy atom. The van der Waals surface area contributed by atoms with E-state index in [1.165, 1.54) is 37.8 Å². The molecule has 1 aromatic carbocycles. The van der Waals surface area contributed by atoms with E-state index in [0.717, 1.165) is 18.9 Å². The molecule has 18 heavy (non-hydrogen) atoms. The Kier molecular flexibility index (Phi) is 5.21. The Balaban J connectivity index is 1.67. The first kappa shape index (κ1) is 13.6. The van der Waals surface area contributed by atoms with Gasteiger partial charge in [0.25, 0.3) is 0 Å². The minimum absolute atomic E-state index is 0.468. The van der Waals surface area contributed by atoms with Crippen LogP contribution in [-0.4, -0.2) is 31.1 Å². The molecule has 0 saturated heterocycles. The van der Waals surface area contributed by atoms with Crippen molar-refractivity contribution < 1.29 is 0 Å². The molecule has 0 radical (unpaired) electrons. The van der Waals surface area contributed by atoms with Gasteiger partial charge in [-0.2, -0.15) is 0 Å². The highest BCUT2D eigenvalue weighted by Crippen LogP contribution is 2.23. The Hall–Kier alpha value is -0.860. The molecule has 100 valence electrons. The zero-order valence-electron chi connectivity index (χ0n) is 11.5. The van der Waals surface area contributed by atoms with Gasteiger partial charge < -0.3 is 10.6 Å². The smallest absolute Gasteiger partial charge is 0.00390 e. The standard InChI is InChI=1S/C16H26N2/c1-18(12-11-14-5-3-2-4-6-14)13-15-7-9-16(17)10-8-15/h2-6,15-16H,7-13,17H2,1H3. The van der Waals surface area contributed by atoms with E-state index in [9.17, 15) is 0 Å². The van der Waals surface area contributed by atoms with E-state index in [0.29, 0.717) is 6.04 Å². The van der Waals surface area contributed by atoms with E-state index in [4.69, 9.17) is 5.73 Å². The predicted octanol–water partition coefficient (Wildman–Crippen LogP) is 2.68. The fraction of sp³-hybridized carbons (Fsp3) is 0.625. The van der Waals surface area contributed by atoms with Gasteiger partial charge in [0.1, 0.15) is 0 Å². The molecule has 2 nitrogen and oxygen atoms in total. The minimum atomic E-state index is 0.468. The lowest BCUT2D eigenvalue weighted by Gasteiger charge is -2.29. The van der Waals surface area contributed by atoms with Crippen molar-refractivity contribution >= 4 is 0 Å². The molecule has 1 aliphatic rings. The summed E-state index contributed by atoms with van der Waals surface area (Å²) in [5.74, 6) is 0.866. The second-order valence-corrected chi connectivity index (χ2v) is 5.78. The molecule has 2 rings (SSSR count). The summed E-state index contributed by atoms with van der Waals surface area (Å²) in [6.07, 6.45) is 6.23. The van der Waals surface area contributed by atoms with E-state index >= 15 is 0 Å². The van der Waals surface area contributed by atoms with Crippen LogP contribution < -0.4 is 5.73 Å². The average molecular weight is 246 g/mol. The third kappa shape index (κ3) is 4.43. The van der Waals surface area contributed by atoms with Gasteiger partial charge >= 0.3 is 0 Å². The maximum atomic E-state index is 5.95. The molecule has 0 aliphatic heterocycles. The Morgan fingerprint density at radius 3 is 2.44 bits per heavy atom. The first-order valence-corrected chi connectivity index (χ1v) is 7.22. The maximum absolute atomic E-state index is 5.95. The number of hydrogen-bond acceptors (Lipinski definition) is 2. The first-order valence-electron chi connectivity index (χ1n) is 7.22. The number of nitrogens with two attached hydrogens (primary N) is 1. The molecule has 1 aromatic rings. The second kappa shape index (κ2) is 6.91. The Bertz CT molecular complexity index is 328. The molecule has 0 unspecified atom stereocenters. The summed E-state index contributed by atoms with van der Waals surface area (Å²) in [4.78, 5) is 2.48. The monoisotopic (exact) mass is 246 g/mol. The summed E-state index contributed by atoms with van der Waals surface area (Å²) in [5.41, 5.74) is 7.39. The topological polar surface area (TPSA) is 29.3 Å². The van der Waals surface area contributed by atoms with Crippen LogP contribution in [0.15, 0.2) is 30.3 Å². The second-order valence-electron chi connectivity index (χ2n) is 5.78. The van der Waals surface area contributed by atoms with Gasteiger partial charge in [-0.1, -0.05) is 30.3 Å². The van der Waals surface area contributed by atoms with Crippen molar-refractivity contribution in [3.8, 4) is 0 Å². The molecular formula is C16H26N2. The fourth-order valence-corrected chi connectivity index (χ4v) is 2.87. The number of hydrogen-bond donors (Lipinski definition) is 1. The van der Waals surface area contributed by atoms with E-state index in [1.54, 1.807) is 0 Å². The molecule has 1 fully saturated rings. The van der Waals surface area contributed by atoms with Crippen LogP contribution in [0.2, 0.25) is 0 Å². The van der Waals surface area contributed by atoms with Gasteiger partial charge in [0.15, 0.2) is 0 Å². The highest BCUT2D eigenvalue weighted by atomic mass is 15.1. The van der Waals surface area contributed by atoms with Crippen LogP contribution >= 0.6 is 0 Å². The quantitative estimate of drug-likeness (QED) is 0.865.